The Bertz CT molecular complexity index is 663. The number of nitriles is 1. The minimum absolute atomic E-state index is 0.177. The normalized spacial score (nSPS) is 9.63. The Labute approximate surface area is 108 Å². The number of aromatic nitrogens is 2. The van der Waals surface area contributed by atoms with Crippen LogP contribution >= 0.6 is 0 Å². The van der Waals surface area contributed by atoms with Crippen molar-refractivity contribution in [3.63, 3.8) is 0 Å². The summed E-state index contributed by atoms with van der Waals surface area (Å²) < 4.78 is 0. The van der Waals surface area contributed by atoms with Gasteiger partial charge in [-0.3, -0.25) is 9.59 Å². The monoisotopic (exact) mass is 254 g/mol. The second kappa shape index (κ2) is 5.60. The first-order valence-corrected chi connectivity index (χ1v) is 5.52. The molecular weight excluding hydrogens is 244 g/mol. The molecule has 0 spiro atoms. The van der Waals surface area contributed by atoms with E-state index in [1.54, 1.807) is 36.4 Å². The lowest BCUT2D eigenvalue weighted by atomic mass is 10.1. The predicted molar refractivity (Wildman–Crippen MR) is 69.2 cm³/mol. The Hall–Kier alpha value is -2.94. The fourth-order valence-electron chi connectivity index (χ4n) is 1.51. The first-order chi connectivity index (χ1) is 9.19. The third-order valence-electron chi connectivity index (χ3n) is 2.38. The van der Waals surface area contributed by atoms with Gasteiger partial charge in [-0.15, -0.1) is 0 Å². The first kappa shape index (κ1) is 12.5. The number of amides is 1. The average molecular weight is 254 g/mol. The number of carbonyl (C=O) groups is 1. The highest BCUT2D eigenvalue weighted by atomic mass is 16.1. The van der Waals surface area contributed by atoms with Crippen molar-refractivity contribution in [3.8, 4) is 17.3 Å². The Morgan fingerprint density at radius 1 is 1.26 bits per heavy atom. The van der Waals surface area contributed by atoms with Gasteiger partial charge in [-0.2, -0.15) is 10.4 Å². The van der Waals surface area contributed by atoms with Crippen molar-refractivity contribution in [1.29, 1.82) is 5.26 Å². The highest BCUT2D eigenvalue weighted by molar-refractivity contribution is 5.92. The molecule has 94 valence electrons. The molecular formula is C13H10N4O2. The van der Waals surface area contributed by atoms with Crippen LogP contribution in [0.1, 0.15) is 6.42 Å². The summed E-state index contributed by atoms with van der Waals surface area (Å²) in [6.07, 6.45) is -0.177. The van der Waals surface area contributed by atoms with E-state index in [0.717, 1.165) is 5.56 Å². The van der Waals surface area contributed by atoms with Crippen molar-refractivity contribution in [2.75, 3.05) is 5.32 Å². The van der Waals surface area contributed by atoms with E-state index in [9.17, 15) is 9.59 Å². The van der Waals surface area contributed by atoms with Crippen LogP contribution in [-0.2, 0) is 4.79 Å². The summed E-state index contributed by atoms with van der Waals surface area (Å²) in [5.41, 5.74) is 1.79. The Kier molecular flexibility index (Phi) is 3.69. The summed E-state index contributed by atoms with van der Waals surface area (Å²) in [5, 5.41) is 17.2. The van der Waals surface area contributed by atoms with E-state index in [2.05, 4.69) is 15.5 Å². The molecule has 0 unspecified atom stereocenters. The standard InChI is InChI=1S/C13H10N4O2/c14-8-7-12(18)15-10-3-1-9(2-4-10)11-5-6-13(19)17-16-11/h1-6H,7H2,(H,15,18)(H,17,19). The second-order valence-corrected chi connectivity index (χ2v) is 3.77. The van der Waals surface area contributed by atoms with Gasteiger partial charge in [-0.1, -0.05) is 12.1 Å². The van der Waals surface area contributed by atoms with E-state index >= 15 is 0 Å². The summed E-state index contributed by atoms with van der Waals surface area (Å²) in [4.78, 5) is 22.1. The van der Waals surface area contributed by atoms with Gasteiger partial charge in [0.05, 0.1) is 11.8 Å². The fourth-order valence-corrected chi connectivity index (χ4v) is 1.51. The molecule has 2 rings (SSSR count). The molecule has 1 aromatic heterocycles. The number of hydrogen-bond acceptors (Lipinski definition) is 4. The van der Waals surface area contributed by atoms with Crippen molar-refractivity contribution in [1.82, 2.24) is 10.2 Å². The first-order valence-electron chi connectivity index (χ1n) is 5.52. The fraction of sp³-hybridized carbons (Fsp3) is 0.0769. The van der Waals surface area contributed by atoms with Crippen LogP contribution in [0.4, 0.5) is 5.69 Å². The maximum Gasteiger partial charge on any atom is 0.264 e. The number of anilines is 1. The minimum Gasteiger partial charge on any atom is -0.325 e. The molecule has 19 heavy (non-hydrogen) atoms. The van der Waals surface area contributed by atoms with Crippen LogP contribution < -0.4 is 10.9 Å². The van der Waals surface area contributed by atoms with E-state index < -0.39 is 0 Å². The molecule has 0 aliphatic carbocycles. The van der Waals surface area contributed by atoms with Crippen LogP contribution in [0, 0.1) is 11.3 Å². The molecule has 0 saturated heterocycles. The number of nitrogens with one attached hydrogen (secondary N) is 2. The number of carbonyl (C=O) groups excluding carboxylic acids is 1. The smallest absolute Gasteiger partial charge is 0.264 e. The van der Waals surface area contributed by atoms with E-state index in [1.165, 1.54) is 6.07 Å². The van der Waals surface area contributed by atoms with Gasteiger partial charge < -0.3 is 5.32 Å². The van der Waals surface area contributed by atoms with Crippen molar-refractivity contribution in [2.45, 2.75) is 6.42 Å². The zero-order valence-corrected chi connectivity index (χ0v) is 9.88. The lowest BCUT2D eigenvalue weighted by Gasteiger charge is -2.04. The maximum absolute atomic E-state index is 11.2. The van der Waals surface area contributed by atoms with Gasteiger partial charge >= 0.3 is 0 Å². The third-order valence-corrected chi connectivity index (χ3v) is 2.38. The number of H-pyrrole nitrogens is 1. The third kappa shape index (κ3) is 3.26. The van der Waals surface area contributed by atoms with Crippen molar-refractivity contribution < 1.29 is 4.79 Å². The Morgan fingerprint density at radius 2 is 2.00 bits per heavy atom. The molecule has 6 nitrogen and oxygen atoms in total. The summed E-state index contributed by atoms with van der Waals surface area (Å²) in [6, 6.07) is 11.7. The molecule has 0 bridgehead atoms. The van der Waals surface area contributed by atoms with Gasteiger partial charge in [-0.05, 0) is 18.2 Å². The largest absolute Gasteiger partial charge is 0.325 e. The van der Waals surface area contributed by atoms with Crippen LogP contribution in [0.25, 0.3) is 11.3 Å². The summed E-state index contributed by atoms with van der Waals surface area (Å²) in [5.74, 6) is -0.350. The molecule has 0 aliphatic heterocycles. The summed E-state index contributed by atoms with van der Waals surface area (Å²) in [7, 11) is 0. The van der Waals surface area contributed by atoms with E-state index in [4.69, 9.17) is 5.26 Å². The predicted octanol–water partition coefficient (Wildman–Crippen LogP) is 1.29. The van der Waals surface area contributed by atoms with Crippen LogP contribution in [0.3, 0.4) is 0 Å². The molecule has 2 N–H and O–H groups in total. The minimum atomic E-state index is -0.350. The van der Waals surface area contributed by atoms with E-state index in [1.807, 2.05) is 0 Å². The van der Waals surface area contributed by atoms with Gasteiger partial charge in [0, 0.05) is 17.3 Å². The summed E-state index contributed by atoms with van der Waals surface area (Å²) in [6.45, 7) is 0. The molecule has 1 amide bonds. The molecule has 0 atom stereocenters. The van der Waals surface area contributed by atoms with Gasteiger partial charge in [0.25, 0.3) is 5.56 Å². The van der Waals surface area contributed by atoms with Gasteiger partial charge in [0.1, 0.15) is 6.42 Å². The number of hydrogen-bond donors (Lipinski definition) is 2. The van der Waals surface area contributed by atoms with Gasteiger partial charge in [0.2, 0.25) is 5.91 Å². The number of nitrogens with zero attached hydrogens (tertiary/aromatic N) is 2. The van der Waals surface area contributed by atoms with Crippen molar-refractivity contribution in [3.05, 3.63) is 46.8 Å². The Morgan fingerprint density at radius 3 is 2.58 bits per heavy atom. The lowest BCUT2D eigenvalue weighted by molar-refractivity contribution is -0.115. The molecule has 0 radical (unpaired) electrons. The van der Waals surface area contributed by atoms with Crippen LogP contribution in [0.15, 0.2) is 41.2 Å². The molecule has 0 aliphatic rings. The maximum atomic E-state index is 11.2. The second-order valence-electron chi connectivity index (χ2n) is 3.77. The SMILES string of the molecule is N#CCC(=O)Nc1ccc(-c2ccc(=O)[nH]n2)cc1. The van der Waals surface area contributed by atoms with Crippen LogP contribution in [-0.4, -0.2) is 16.1 Å². The average Bonchev–Trinajstić information content (AvgIpc) is 2.41. The molecule has 2 aromatic rings. The molecule has 6 heteroatoms. The molecule has 1 aromatic carbocycles. The topological polar surface area (TPSA) is 98.6 Å². The molecule has 0 saturated carbocycles. The quantitative estimate of drug-likeness (QED) is 0.862. The van der Waals surface area contributed by atoms with Crippen molar-refractivity contribution >= 4 is 11.6 Å². The highest BCUT2D eigenvalue weighted by Crippen LogP contribution is 2.18. The number of benzene rings is 1. The van der Waals surface area contributed by atoms with Crippen LogP contribution in [0.5, 0.6) is 0 Å². The van der Waals surface area contributed by atoms with Crippen molar-refractivity contribution in [2.24, 2.45) is 0 Å². The van der Waals surface area contributed by atoms with E-state index in [-0.39, 0.29) is 17.9 Å². The van der Waals surface area contributed by atoms with Gasteiger partial charge in [0.15, 0.2) is 0 Å². The molecule has 1 heterocycles. The number of rotatable bonds is 3. The highest BCUT2D eigenvalue weighted by Gasteiger charge is 2.03. The van der Waals surface area contributed by atoms with E-state index in [0.29, 0.717) is 11.4 Å². The molecule has 0 fully saturated rings. The Balaban J connectivity index is 2.14. The zero-order valence-electron chi connectivity index (χ0n) is 9.88. The number of aromatic amines is 1. The zero-order chi connectivity index (χ0) is 13.7. The summed E-state index contributed by atoms with van der Waals surface area (Å²) >= 11 is 0. The lowest BCUT2D eigenvalue weighted by Crippen LogP contribution is -2.09. The van der Waals surface area contributed by atoms with Gasteiger partial charge in [-0.25, -0.2) is 5.10 Å². The van der Waals surface area contributed by atoms with Crippen LogP contribution in [0.2, 0.25) is 0 Å².